The lowest BCUT2D eigenvalue weighted by Gasteiger charge is -2.09. The Hall–Kier alpha value is -1.00. The predicted molar refractivity (Wildman–Crippen MR) is 52.7 cm³/mol. The van der Waals surface area contributed by atoms with Crippen LogP contribution in [0.1, 0.15) is 18.4 Å². The van der Waals surface area contributed by atoms with Gasteiger partial charge >= 0.3 is 0 Å². The number of ether oxygens (including phenoxy) is 1. The van der Waals surface area contributed by atoms with Crippen molar-refractivity contribution in [1.82, 2.24) is 15.5 Å². The number of aromatic nitrogens is 2. The zero-order valence-corrected chi connectivity index (χ0v) is 8.15. The van der Waals surface area contributed by atoms with Crippen molar-refractivity contribution in [3.63, 3.8) is 0 Å². The topological polar surface area (TPSA) is 47.0 Å². The van der Waals surface area contributed by atoms with E-state index in [1.807, 2.05) is 6.07 Å². The van der Waals surface area contributed by atoms with E-state index >= 15 is 0 Å². The molecule has 4 nitrogen and oxygen atoms in total. The third kappa shape index (κ3) is 2.75. The highest BCUT2D eigenvalue weighted by Gasteiger charge is 2.14. The maximum Gasteiger partial charge on any atom is 0.0700 e. The van der Waals surface area contributed by atoms with E-state index in [1.54, 1.807) is 12.4 Å². The third-order valence-corrected chi connectivity index (χ3v) is 2.37. The van der Waals surface area contributed by atoms with E-state index in [-0.39, 0.29) is 0 Å². The summed E-state index contributed by atoms with van der Waals surface area (Å²) in [5.41, 5.74) is 1.16. The van der Waals surface area contributed by atoms with Gasteiger partial charge in [-0.1, -0.05) is 0 Å². The molecule has 4 heteroatoms. The molecule has 1 fully saturated rings. The van der Waals surface area contributed by atoms with Gasteiger partial charge in [0.05, 0.1) is 12.3 Å². The second kappa shape index (κ2) is 5.02. The van der Waals surface area contributed by atoms with E-state index in [9.17, 15) is 0 Å². The molecule has 0 aliphatic carbocycles. The van der Waals surface area contributed by atoms with E-state index in [0.29, 0.717) is 6.10 Å². The minimum absolute atomic E-state index is 0.407. The number of rotatable bonds is 4. The normalized spacial score (nSPS) is 21.3. The summed E-state index contributed by atoms with van der Waals surface area (Å²) in [6.07, 6.45) is 6.28. The fourth-order valence-electron chi connectivity index (χ4n) is 1.61. The summed E-state index contributed by atoms with van der Waals surface area (Å²) < 4.78 is 5.50. The van der Waals surface area contributed by atoms with E-state index in [4.69, 9.17) is 4.74 Å². The quantitative estimate of drug-likeness (QED) is 0.766. The van der Waals surface area contributed by atoms with Crippen LogP contribution in [-0.2, 0) is 11.3 Å². The smallest absolute Gasteiger partial charge is 0.0700 e. The van der Waals surface area contributed by atoms with Crippen LogP contribution in [0.3, 0.4) is 0 Å². The molecule has 0 spiro atoms. The summed E-state index contributed by atoms with van der Waals surface area (Å²) >= 11 is 0. The second-order valence-electron chi connectivity index (χ2n) is 3.52. The Morgan fingerprint density at radius 2 is 2.50 bits per heavy atom. The second-order valence-corrected chi connectivity index (χ2v) is 3.52. The first-order valence-corrected chi connectivity index (χ1v) is 5.03. The van der Waals surface area contributed by atoms with Crippen molar-refractivity contribution in [3.05, 3.63) is 24.0 Å². The van der Waals surface area contributed by atoms with Gasteiger partial charge in [-0.05, 0) is 24.5 Å². The van der Waals surface area contributed by atoms with Crippen molar-refractivity contribution in [2.24, 2.45) is 0 Å². The SMILES string of the molecule is c1cc(CNCC2CCCO2)cnn1. The zero-order chi connectivity index (χ0) is 9.64. The standard InChI is InChI=1S/C10H15N3O/c1-2-10(14-5-1)8-11-6-9-3-4-12-13-7-9/h3-4,7,10-11H,1-2,5-6,8H2. The molecule has 1 aromatic heterocycles. The maximum atomic E-state index is 5.50. The minimum Gasteiger partial charge on any atom is -0.377 e. The van der Waals surface area contributed by atoms with Gasteiger partial charge < -0.3 is 10.1 Å². The molecule has 1 N–H and O–H groups in total. The van der Waals surface area contributed by atoms with Crippen LogP contribution in [0.4, 0.5) is 0 Å². The molecule has 0 aromatic carbocycles. The molecule has 0 amide bonds. The van der Waals surface area contributed by atoms with Crippen LogP contribution < -0.4 is 5.32 Å². The van der Waals surface area contributed by atoms with Crippen LogP contribution in [-0.4, -0.2) is 29.5 Å². The average Bonchev–Trinajstić information content (AvgIpc) is 2.72. The van der Waals surface area contributed by atoms with E-state index in [1.165, 1.54) is 12.8 Å². The highest BCUT2D eigenvalue weighted by atomic mass is 16.5. The lowest BCUT2D eigenvalue weighted by Crippen LogP contribution is -2.25. The Labute approximate surface area is 83.7 Å². The number of hydrogen-bond donors (Lipinski definition) is 1. The molecule has 0 bridgehead atoms. The van der Waals surface area contributed by atoms with Crippen molar-refractivity contribution in [1.29, 1.82) is 0 Å². The van der Waals surface area contributed by atoms with Crippen molar-refractivity contribution in [3.8, 4) is 0 Å². The summed E-state index contributed by atoms with van der Waals surface area (Å²) in [6, 6.07) is 1.97. The Balaban J connectivity index is 1.67. The summed E-state index contributed by atoms with van der Waals surface area (Å²) in [5, 5.41) is 10.9. The molecule has 0 saturated carbocycles. The molecule has 14 heavy (non-hydrogen) atoms. The molecular weight excluding hydrogens is 178 g/mol. The zero-order valence-electron chi connectivity index (χ0n) is 8.15. The van der Waals surface area contributed by atoms with Crippen LogP contribution in [0.15, 0.2) is 18.5 Å². The number of nitrogens with one attached hydrogen (secondary N) is 1. The van der Waals surface area contributed by atoms with Crippen molar-refractivity contribution in [2.45, 2.75) is 25.5 Å². The Morgan fingerprint density at radius 3 is 3.21 bits per heavy atom. The van der Waals surface area contributed by atoms with Crippen LogP contribution in [0.25, 0.3) is 0 Å². The van der Waals surface area contributed by atoms with Gasteiger partial charge in [0.25, 0.3) is 0 Å². The average molecular weight is 193 g/mol. The first kappa shape index (κ1) is 9.55. The third-order valence-electron chi connectivity index (χ3n) is 2.37. The van der Waals surface area contributed by atoms with Gasteiger partial charge in [0.1, 0.15) is 0 Å². The van der Waals surface area contributed by atoms with Gasteiger partial charge in [-0.2, -0.15) is 10.2 Å². The van der Waals surface area contributed by atoms with Gasteiger partial charge in [-0.3, -0.25) is 0 Å². The molecule has 2 rings (SSSR count). The van der Waals surface area contributed by atoms with Gasteiger partial charge in [0.15, 0.2) is 0 Å². The highest BCUT2D eigenvalue weighted by molar-refractivity contribution is 5.04. The Morgan fingerprint density at radius 1 is 1.50 bits per heavy atom. The summed E-state index contributed by atoms with van der Waals surface area (Å²) in [7, 11) is 0. The molecule has 76 valence electrons. The lowest BCUT2D eigenvalue weighted by atomic mass is 10.2. The minimum atomic E-state index is 0.407. The fourth-order valence-corrected chi connectivity index (χ4v) is 1.61. The summed E-state index contributed by atoms with van der Waals surface area (Å²) in [5.74, 6) is 0. The van der Waals surface area contributed by atoms with Crippen LogP contribution in [0.5, 0.6) is 0 Å². The number of hydrogen-bond acceptors (Lipinski definition) is 4. The van der Waals surface area contributed by atoms with Crippen LogP contribution in [0.2, 0.25) is 0 Å². The lowest BCUT2D eigenvalue weighted by molar-refractivity contribution is 0.110. The summed E-state index contributed by atoms with van der Waals surface area (Å²) in [6.45, 7) is 2.70. The highest BCUT2D eigenvalue weighted by Crippen LogP contribution is 2.10. The molecule has 1 saturated heterocycles. The molecule has 0 radical (unpaired) electrons. The molecule has 1 aromatic rings. The maximum absolute atomic E-state index is 5.50. The van der Waals surface area contributed by atoms with Gasteiger partial charge in [-0.15, -0.1) is 0 Å². The van der Waals surface area contributed by atoms with Crippen molar-refractivity contribution >= 4 is 0 Å². The van der Waals surface area contributed by atoms with Gasteiger partial charge in [-0.25, -0.2) is 0 Å². The first-order chi connectivity index (χ1) is 6.95. The Bertz CT molecular complexity index is 259. The van der Waals surface area contributed by atoms with Crippen LogP contribution in [0, 0.1) is 0 Å². The first-order valence-electron chi connectivity index (χ1n) is 5.03. The van der Waals surface area contributed by atoms with Crippen molar-refractivity contribution in [2.75, 3.05) is 13.2 Å². The van der Waals surface area contributed by atoms with Gasteiger partial charge in [0, 0.05) is 25.9 Å². The molecule has 1 aliphatic heterocycles. The van der Waals surface area contributed by atoms with Crippen molar-refractivity contribution < 1.29 is 4.74 Å². The monoisotopic (exact) mass is 193 g/mol. The molecule has 2 heterocycles. The van der Waals surface area contributed by atoms with E-state index in [0.717, 1.165) is 25.3 Å². The predicted octanol–water partition coefficient (Wildman–Crippen LogP) is 0.745. The van der Waals surface area contributed by atoms with E-state index < -0.39 is 0 Å². The molecule has 1 atom stereocenters. The number of nitrogens with zero attached hydrogens (tertiary/aromatic N) is 2. The van der Waals surface area contributed by atoms with Gasteiger partial charge in [0.2, 0.25) is 0 Å². The molecule has 1 aliphatic rings. The molecular formula is C10H15N3O. The summed E-state index contributed by atoms with van der Waals surface area (Å²) in [4.78, 5) is 0. The fraction of sp³-hybridized carbons (Fsp3) is 0.600. The molecule has 1 unspecified atom stereocenters. The largest absolute Gasteiger partial charge is 0.377 e. The van der Waals surface area contributed by atoms with Crippen LogP contribution >= 0.6 is 0 Å². The van der Waals surface area contributed by atoms with E-state index in [2.05, 4.69) is 15.5 Å². The Kier molecular flexibility index (Phi) is 3.43.